The molecule has 26 heavy (non-hydrogen) atoms. The fourth-order valence-corrected chi connectivity index (χ4v) is 2.88. The van der Waals surface area contributed by atoms with E-state index in [1.807, 2.05) is 60.7 Å². The van der Waals surface area contributed by atoms with E-state index in [1.165, 1.54) is 0 Å². The van der Waals surface area contributed by atoms with Crippen LogP contribution in [0.15, 0.2) is 78.9 Å². The number of carbonyl (C=O) groups is 1. The lowest BCUT2D eigenvalue weighted by molar-refractivity contribution is 0.0973. The van der Waals surface area contributed by atoms with Crippen LogP contribution in [0.25, 0.3) is 0 Å². The molecule has 128 valence electrons. The van der Waals surface area contributed by atoms with Crippen LogP contribution in [0.3, 0.4) is 0 Å². The number of amides is 1. The number of hydrogen-bond acceptors (Lipinski definition) is 1. The van der Waals surface area contributed by atoms with Crippen molar-refractivity contribution in [3.63, 3.8) is 0 Å². The van der Waals surface area contributed by atoms with Crippen molar-refractivity contribution in [3.05, 3.63) is 106 Å². The maximum absolute atomic E-state index is 12.0. The number of hydrogen-bond donors (Lipinski definition) is 1. The Kier molecular flexibility index (Phi) is 6.09. The SMILES string of the molecule is O=C(NC#Cc1ccccc1CCc1ccccc1Cl)c1ccccc1. The number of halogens is 1. The van der Waals surface area contributed by atoms with E-state index in [1.54, 1.807) is 12.1 Å². The second kappa shape index (κ2) is 8.89. The average molecular weight is 360 g/mol. The minimum absolute atomic E-state index is 0.202. The lowest BCUT2D eigenvalue weighted by Crippen LogP contribution is -2.17. The molecule has 0 aliphatic heterocycles. The number of aryl methyl sites for hydroxylation is 2. The van der Waals surface area contributed by atoms with Crippen LogP contribution in [-0.2, 0) is 12.8 Å². The van der Waals surface area contributed by atoms with Crippen molar-refractivity contribution in [3.8, 4) is 12.0 Å². The first-order valence-corrected chi connectivity index (χ1v) is 8.79. The first-order valence-electron chi connectivity index (χ1n) is 8.42. The van der Waals surface area contributed by atoms with Gasteiger partial charge in [-0.15, -0.1) is 0 Å². The summed E-state index contributed by atoms with van der Waals surface area (Å²) in [5.41, 5.74) is 3.75. The fraction of sp³-hybridized carbons (Fsp3) is 0.0870. The van der Waals surface area contributed by atoms with Gasteiger partial charge >= 0.3 is 0 Å². The van der Waals surface area contributed by atoms with Crippen molar-refractivity contribution >= 4 is 17.5 Å². The van der Waals surface area contributed by atoms with Gasteiger partial charge in [-0.2, -0.15) is 0 Å². The summed E-state index contributed by atoms with van der Waals surface area (Å²) in [7, 11) is 0. The molecule has 0 saturated heterocycles. The summed E-state index contributed by atoms with van der Waals surface area (Å²) in [5, 5.41) is 3.42. The van der Waals surface area contributed by atoms with E-state index in [0.717, 1.165) is 34.6 Å². The van der Waals surface area contributed by atoms with E-state index in [4.69, 9.17) is 11.6 Å². The average Bonchev–Trinajstić information content (AvgIpc) is 2.69. The third kappa shape index (κ3) is 4.75. The molecule has 0 bridgehead atoms. The van der Waals surface area contributed by atoms with Crippen LogP contribution in [0.2, 0.25) is 5.02 Å². The zero-order valence-corrected chi connectivity index (χ0v) is 15.0. The van der Waals surface area contributed by atoms with Crippen molar-refractivity contribution in [2.75, 3.05) is 0 Å². The van der Waals surface area contributed by atoms with E-state index in [0.29, 0.717) is 5.56 Å². The summed E-state index contributed by atoms with van der Waals surface area (Å²) in [6.45, 7) is 0. The first-order chi connectivity index (χ1) is 12.7. The highest BCUT2D eigenvalue weighted by atomic mass is 35.5. The van der Waals surface area contributed by atoms with E-state index < -0.39 is 0 Å². The molecule has 0 unspecified atom stereocenters. The highest BCUT2D eigenvalue weighted by Gasteiger charge is 2.04. The second-order valence-electron chi connectivity index (χ2n) is 5.82. The van der Waals surface area contributed by atoms with Crippen LogP contribution in [0.4, 0.5) is 0 Å². The molecule has 0 aromatic heterocycles. The van der Waals surface area contributed by atoms with Gasteiger partial charge in [0.05, 0.1) is 0 Å². The Bertz CT molecular complexity index is 954. The maximum atomic E-state index is 12.0. The van der Waals surface area contributed by atoms with Gasteiger partial charge in [0.2, 0.25) is 0 Å². The zero-order chi connectivity index (χ0) is 18.2. The summed E-state index contributed by atoms with van der Waals surface area (Å²) < 4.78 is 0. The molecule has 0 aliphatic carbocycles. The molecule has 3 heteroatoms. The molecule has 0 radical (unpaired) electrons. The molecule has 2 nitrogen and oxygen atoms in total. The molecule has 0 saturated carbocycles. The summed E-state index contributed by atoms with van der Waals surface area (Å²) in [6, 6.07) is 27.6. The van der Waals surface area contributed by atoms with Gasteiger partial charge in [0.25, 0.3) is 5.91 Å². The Balaban J connectivity index is 1.68. The largest absolute Gasteiger partial charge is 0.281 e. The Hall–Kier alpha value is -3.02. The van der Waals surface area contributed by atoms with Gasteiger partial charge in [0, 0.05) is 22.2 Å². The fourth-order valence-electron chi connectivity index (χ4n) is 2.65. The lowest BCUT2D eigenvalue weighted by atomic mass is 10.00. The minimum Gasteiger partial charge on any atom is -0.281 e. The second-order valence-corrected chi connectivity index (χ2v) is 6.23. The van der Waals surface area contributed by atoms with Gasteiger partial charge in [0.1, 0.15) is 0 Å². The van der Waals surface area contributed by atoms with Crippen LogP contribution in [0.5, 0.6) is 0 Å². The summed E-state index contributed by atoms with van der Waals surface area (Å²) in [5.74, 6) is 2.85. The van der Waals surface area contributed by atoms with E-state index >= 15 is 0 Å². The minimum atomic E-state index is -0.202. The van der Waals surface area contributed by atoms with E-state index in [2.05, 4.69) is 23.3 Å². The molecule has 0 fully saturated rings. The van der Waals surface area contributed by atoms with Crippen molar-refractivity contribution in [1.82, 2.24) is 5.32 Å². The molecule has 0 heterocycles. The normalized spacial score (nSPS) is 9.88. The van der Waals surface area contributed by atoms with Crippen molar-refractivity contribution in [1.29, 1.82) is 0 Å². The summed E-state index contributed by atoms with van der Waals surface area (Å²) in [6.07, 6.45) is 1.68. The molecule has 0 spiro atoms. The van der Waals surface area contributed by atoms with Crippen molar-refractivity contribution in [2.24, 2.45) is 0 Å². The highest BCUT2D eigenvalue weighted by Crippen LogP contribution is 2.18. The third-order valence-corrected chi connectivity index (χ3v) is 4.42. The molecule has 1 N–H and O–H groups in total. The number of carbonyl (C=O) groups excluding carboxylic acids is 1. The molecule has 1 amide bonds. The van der Waals surface area contributed by atoms with Gasteiger partial charge in [-0.1, -0.05) is 66.2 Å². The van der Waals surface area contributed by atoms with Crippen LogP contribution in [0, 0.1) is 12.0 Å². The third-order valence-electron chi connectivity index (χ3n) is 4.05. The number of rotatable bonds is 4. The molecular formula is C23H18ClNO. The number of nitrogens with one attached hydrogen (secondary N) is 1. The van der Waals surface area contributed by atoms with Crippen LogP contribution < -0.4 is 5.32 Å². The van der Waals surface area contributed by atoms with Crippen LogP contribution >= 0.6 is 11.6 Å². The van der Waals surface area contributed by atoms with Gasteiger partial charge in [-0.05, 0) is 54.2 Å². The van der Waals surface area contributed by atoms with Gasteiger partial charge < -0.3 is 0 Å². The van der Waals surface area contributed by atoms with E-state index in [9.17, 15) is 4.79 Å². The lowest BCUT2D eigenvalue weighted by Gasteiger charge is -2.06. The molecular weight excluding hydrogens is 342 g/mol. The van der Waals surface area contributed by atoms with Gasteiger partial charge in [-0.3, -0.25) is 10.1 Å². The predicted octanol–water partition coefficient (Wildman–Crippen LogP) is 4.86. The van der Waals surface area contributed by atoms with Crippen molar-refractivity contribution in [2.45, 2.75) is 12.8 Å². The highest BCUT2D eigenvalue weighted by molar-refractivity contribution is 6.31. The molecule has 0 atom stereocenters. The monoisotopic (exact) mass is 359 g/mol. The zero-order valence-electron chi connectivity index (χ0n) is 14.2. The van der Waals surface area contributed by atoms with Crippen molar-refractivity contribution < 1.29 is 4.79 Å². The number of benzene rings is 3. The Labute approximate surface area is 158 Å². The molecule has 3 aromatic rings. The summed E-state index contributed by atoms with van der Waals surface area (Å²) in [4.78, 5) is 12.0. The Morgan fingerprint density at radius 2 is 1.42 bits per heavy atom. The predicted molar refractivity (Wildman–Crippen MR) is 106 cm³/mol. The first kappa shape index (κ1) is 17.8. The van der Waals surface area contributed by atoms with E-state index in [-0.39, 0.29) is 5.91 Å². The molecule has 3 aromatic carbocycles. The topological polar surface area (TPSA) is 29.1 Å². The van der Waals surface area contributed by atoms with Crippen LogP contribution in [-0.4, -0.2) is 5.91 Å². The molecule has 3 rings (SSSR count). The quantitative estimate of drug-likeness (QED) is 0.523. The van der Waals surface area contributed by atoms with Crippen LogP contribution in [0.1, 0.15) is 27.0 Å². The Morgan fingerprint density at radius 3 is 2.19 bits per heavy atom. The maximum Gasteiger partial charge on any atom is 0.262 e. The van der Waals surface area contributed by atoms with Gasteiger partial charge in [-0.25, -0.2) is 0 Å². The van der Waals surface area contributed by atoms with Gasteiger partial charge in [0.15, 0.2) is 0 Å². The summed E-state index contributed by atoms with van der Waals surface area (Å²) >= 11 is 6.23. The molecule has 0 aliphatic rings. The Morgan fingerprint density at radius 1 is 0.808 bits per heavy atom. The smallest absolute Gasteiger partial charge is 0.262 e. The standard InChI is InChI=1S/C23H18ClNO/c24-22-13-7-6-10-20(22)15-14-18-8-4-5-9-19(18)16-17-25-23(26)21-11-2-1-3-12-21/h1-13H,14-15H2,(H,25,26).